The number of carbonyl (C=O) groups excluding carboxylic acids is 1. The molecule has 0 amide bonds. The van der Waals surface area contributed by atoms with Gasteiger partial charge in [-0.3, -0.25) is 9.69 Å². The van der Waals surface area contributed by atoms with E-state index < -0.39 is 0 Å². The average molecular weight is 263 g/mol. The molecule has 2 rings (SSSR count). The molecule has 2 atom stereocenters. The van der Waals surface area contributed by atoms with Gasteiger partial charge in [-0.1, -0.05) is 19.1 Å². The number of methoxy groups -OCH3 is 1. The van der Waals surface area contributed by atoms with Gasteiger partial charge in [0.15, 0.2) is 5.78 Å². The molecular weight excluding hydrogens is 242 g/mol. The zero-order valence-corrected chi connectivity index (χ0v) is 11.5. The lowest BCUT2D eigenvalue weighted by molar-refractivity contribution is 0.0344. The number of rotatable bonds is 4. The van der Waals surface area contributed by atoms with Crippen LogP contribution in [0.25, 0.3) is 0 Å². The number of benzene rings is 1. The van der Waals surface area contributed by atoms with E-state index in [1.807, 2.05) is 25.1 Å². The van der Waals surface area contributed by atoms with Crippen LogP contribution in [0, 0.1) is 5.92 Å². The number of hydrogen-bond donors (Lipinski definition) is 1. The van der Waals surface area contributed by atoms with Gasteiger partial charge in [-0.05, 0) is 24.5 Å². The van der Waals surface area contributed by atoms with Crippen molar-refractivity contribution in [1.29, 1.82) is 0 Å². The second-order valence-electron chi connectivity index (χ2n) is 5.22. The molecule has 0 spiro atoms. The van der Waals surface area contributed by atoms with Gasteiger partial charge in [0.25, 0.3) is 0 Å². The van der Waals surface area contributed by atoms with E-state index in [1.54, 1.807) is 13.2 Å². The van der Waals surface area contributed by atoms with Crippen LogP contribution in [-0.4, -0.2) is 48.6 Å². The Morgan fingerprint density at radius 1 is 1.53 bits per heavy atom. The number of ether oxygens (including phenoxy) is 1. The maximum Gasteiger partial charge on any atom is 0.176 e. The molecule has 1 aliphatic rings. The van der Waals surface area contributed by atoms with Crippen LogP contribution in [0.1, 0.15) is 23.7 Å². The highest BCUT2D eigenvalue weighted by Crippen LogP contribution is 2.18. The van der Waals surface area contributed by atoms with Crippen molar-refractivity contribution < 1.29 is 14.6 Å². The third-order valence-corrected chi connectivity index (χ3v) is 3.70. The Balaban J connectivity index is 1.97. The molecule has 0 saturated carbocycles. The zero-order valence-electron chi connectivity index (χ0n) is 11.5. The summed E-state index contributed by atoms with van der Waals surface area (Å²) in [6.45, 7) is 3.98. The third kappa shape index (κ3) is 3.55. The van der Waals surface area contributed by atoms with Gasteiger partial charge in [0, 0.05) is 18.7 Å². The monoisotopic (exact) mass is 263 g/mol. The summed E-state index contributed by atoms with van der Waals surface area (Å²) in [5, 5.41) is 9.69. The van der Waals surface area contributed by atoms with Crippen LogP contribution < -0.4 is 4.74 Å². The van der Waals surface area contributed by atoms with E-state index >= 15 is 0 Å². The Morgan fingerprint density at radius 2 is 2.32 bits per heavy atom. The molecule has 19 heavy (non-hydrogen) atoms. The van der Waals surface area contributed by atoms with Gasteiger partial charge in [0.05, 0.1) is 19.8 Å². The zero-order chi connectivity index (χ0) is 13.8. The topological polar surface area (TPSA) is 49.8 Å². The van der Waals surface area contributed by atoms with Gasteiger partial charge in [-0.15, -0.1) is 0 Å². The molecule has 0 radical (unpaired) electrons. The molecule has 4 nitrogen and oxygen atoms in total. The first-order chi connectivity index (χ1) is 9.10. The number of Topliss-reactive ketones (excluding diaryl/α,β-unsaturated/α-hetero) is 1. The number of likely N-dealkylation sites (tertiary alicyclic amines) is 1. The number of hydrogen-bond acceptors (Lipinski definition) is 4. The molecule has 4 heteroatoms. The number of aliphatic hydroxyl groups is 1. The second kappa shape index (κ2) is 6.17. The largest absolute Gasteiger partial charge is 0.497 e. The minimum Gasteiger partial charge on any atom is -0.497 e. The van der Waals surface area contributed by atoms with Gasteiger partial charge < -0.3 is 9.84 Å². The van der Waals surface area contributed by atoms with Crippen molar-refractivity contribution in [2.24, 2.45) is 5.92 Å². The minimum absolute atomic E-state index is 0.0995. The van der Waals surface area contributed by atoms with E-state index in [2.05, 4.69) is 4.90 Å². The fourth-order valence-corrected chi connectivity index (χ4v) is 2.45. The molecule has 104 valence electrons. The summed E-state index contributed by atoms with van der Waals surface area (Å²) >= 11 is 0. The predicted molar refractivity (Wildman–Crippen MR) is 73.6 cm³/mol. The molecule has 1 aromatic rings. The summed E-state index contributed by atoms with van der Waals surface area (Å²) in [6, 6.07) is 7.24. The molecule has 0 aliphatic carbocycles. The first-order valence-electron chi connectivity index (χ1n) is 6.68. The Hall–Kier alpha value is -1.39. The molecule has 2 unspecified atom stereocenters. The minimum atomic E-state index is -0.233. The van der Waals surface area contributed by atoms with E-state index in [9.17, 15) is 9.90 Å². The van der Waals surface area contributed by atoms with Crippen molar-refractivity contribution in [2.75, 3.05) is 26.7 Å². The lowest BCUT2D eigenvalue weighted by Crippen LogP contribution is -2.44. The molecule has 0 bridgehead atoms. The molecule has 1 heterocycles. The van der Waals surface area contributed by atoms with Gasteiger partial charge in [0.1, 0.15) is 5.75 Å². The van der Waals surface area contributed by atoms with E-state index in [0.717, 1.165) is 19.5 Å². The lowest BCUT2D eigenvalue weighted by atomic mass is 9.96. The summed E-state index contributed by atoms with van der Waals surface area (Å²) in [5.74, 6) is 1.03. The van der Waals surface area contributed by atoms with E-state index in [0.29, 0.717) is 17.9 Å². The fourth-order valence-electron chi connectivity index (χ4n) is 2.45. The van der Waals surface area contributed by atoms with Crippen molar-refractivity contribution in [3.05, 3.63) is 29.8 Å². The van der Waals surface area contributed by atoms with E-state index in [-0.39, 0.29) is 17.8 Å². The highest BCUT2D eigenvalue weighted by Gasteiger charge is 2.25. The molecule has 1 aromatic carbocycles. The third-order valence-electron chi connectivity index (χ3n) is 3.70. The van der Waals surface area contributed by atoms with Crippen molar-refractivity contribution in [3.63, 3.8) is 0 Å². The first-order valence-corrected chi connectivity index (χ1v) is 6.68. The fraction of sp³-hybridized carbons (Fsp3) is 0.533. The Labute approximate surface area is 114 Å². The summed E-state index contributed by atoms with van der Waals surface area (Å²) < 4.78 is 5.13. The highest BCUT2D eigenvalue weighted by atomic mass is 16.5. The number of carbonyl (C=O) groups is 1. The summed E-state index contributed by atoms with van der Waals surface area (Å²) in [5.41, 5.74) is 0.679. The van der Waals surface area contributed by atoms with Crippen LogP contribution >= 0.6 is 0 Å². The highest BCUT2D eigenvalue weighted by molar-refractivity contribution is 5.97. The molecule has 1 fully saturated rings. The number of ketones is 1. The van der Waals surface area contributed by atoms with Crippen LogP contribution in [0.5, 0.6) is 5.75 Å². The molecule has 0 aromatic heterocycles. The first kappa shape index (κ1) is 14.0. The smallest absolute Gasteiger partial charge is 0.176 e. The Kier molecular flexibility index (Phi) is 4.56. The SMILES string of the molecule is COc1cccc(C(=O)CN2CCC(O)C(C)C2)c1. The molecule has 1 saturated heterocycles. The van der Waals surface area contributed by atoms with Crippen LogP contribution in [-0.2, 0) is 0 Å². The maximum atomic E-state index is 12.2. The van der Waals surface area contributed by atoms with E-state index in [4.69, 9.17) is 4.74 Å². The van der Waals surface area contributed by atoms with Gasteiger partial charge in [-0.25, -0.2) is 0 Å². The van der Waals surface area contributed by atoms with Gasteiger partial charge in [0.2, 0.25) is 0 Å². The summed E-state index contributed by atoms with van der Waals surface area (Å²) in [7, 11) is 1.59. The van der Waals surface area contributed by atoms with Gasteiger partial charge in [-0.2, -0.15) is 0 Å². The van der Waals surface area contributed by atoms with Crippen molar-refractivity contribution in [3.8, 4) is 5.75 Å². The number of aliphatic hydroxyl groups excluding tert-OH is 1. The van der Waals surface area contributed by atoms with Crippen LogP contribution in [0.15, 0.2) is 24.3 Å². The van der Waals surface area contributed by atoms with Gasteiger partial charge >= 0.3 is 0 Å². The average Bonchev–Trinajstić information content (AvgIpc) is 2.43. The van der Waals surface area contributed by atoms with Crippen molar-refractivity contribution in [1.82, 2.24) is 4.90 Å². The molecule has 1 N–H and O–H groups in total. The van der Waals surface area contributed by atoms with Crippen LogP contribution in [0.3, 0.4) is 0 Å². The quantitative estimate of drug-likeness (QED) is 0.838. The van der Waals surface area contributed by atoms with Crippen LogP contribution in [0.2, 0.25) is 0 Å². The number of piperidine rings is 1. The Morgan fingerprint density at radius 3 is 3.00 bits per heavy atom. The second-order valence-corrected chi connectivity index (χ2v) is 5.22. The molecular formula is C15H21NO3. The normalized spacial score (nSPS) is 24.2. The summed E-state index contributed by atoms with van der Waals surface area (Å²) in [6.07, 6.45) is 0.509. The standard InChI is InChI=1S/C15H21NO3/c1-11-9-16(7-6-14(11)17)10-15(18)12-4-3-5-13(8-12)19-2/h3-5,8,11,14,17H,6-7,9-10H2,1-2H3. The summed E-state index contributed by atoms with van der Waals surface area (Å²) in [4.78, 5) is 14.3. The maximum absolute atomic E-state index is 12.2. The number of nitrogens with zero attached hydrogens (tertiary/aromatic N) is 1. The predicted octanol–water partition coefficient (Wildman–Crippen LogP) is 1.58. The van der Waals surface area contributed by atoms with Crippen molar-refractivity contribution >= 4 is 5.78 Å². The van der Waals surface area contributed by atoms with Crippen molar-refractivity contribution in [2.45, 2.75) is 19.4 Å². The lowest BCUT2D eigenvalue weighted by Gasteiger charge is -2.33. The Bertz CT molecular complexity index is 447. The van der Waals surface area contributed by atoms with E-state index in [1.165, 1.54) is 0 Å². The molecule has 1 aliphatic heterocycles. The van der Waals surface area contributed by atoms with Crippen LogP contribution in [0.4, 0.5) is 0 Å².